The molecule has 38 heavy (non-hydrogen) atoms. The second-order valence-electron chi connectivity index (χ2n) is 10.6. The van der Waals surface area contributed by atoms with Gasteiger partial charge in [-0.2, -0.15) is 10.4 Å². The molecule has 0 radical (unpaired) electrons. The van der Waals surface area contributed by atoms with E-state index in [0.29, 0.717) is 22.1 Å². The molecular weight excluding hydrogens is 524 g/mol. The maximum atomic E-state index is 12.7. The first kappa shape index (κ1) is 26.7. The molecule has 2 aromatic rings. The van der Waals surface area contributed by atoms with Crippen LogP contribution in [0.4, 0.5) is 5.69 Å². The molecule has 2 aliphatic heterocycles. The van der Waals surface area contributed by atoms with Crippen LogP contribution in [0.1, 0.15) is 53.2 Å². The fraction of sp³-hybridized carbons (Fsp3) is 0.464. The van der Waals surface area contributed by atoms with Gasteiger partial charge in [-0.15, -0.1) is 0 Å². The highest BCUT2D eigenvalue weighted by molar-refractivity contribution is 7.90. The van der Waals surface area contributed by atoms with Crippen LogP contribution < -0.4 is 10.3 Å². The molecular formula is C28H31ClN4O4S. The minimum atomic E-state index is -3.15. The van der Waals surface area contributed by atoms with Crippen molar-refractivity contribution < 1.29 is 17.9 Å². The number of sulfone groups is 1. The number of hydrogen-bond donors (Lipinski definition) is 1. The summed E-state index contributed by atoms with van der Waals surface area (Å²) in [5.41, 5.74) is 4.68. The fourth-order valence-corrected chi connectivity index (χ4v) is 6.74. The zero-order valence-electron chi connectivity index (χ0n) is 21.5. The van der Waals surface area contributed by atoms with Gasteiger partial charge in [0.1, 0.15) is 15.9 Å². The molecule has 8 nitrogen and oxygen atoms in total. The Kier molecular flexibility index (Phi) is 7.25. The molecule has 0 bridgehead atoms. The lowest BCUT2D eigenvalue weighted by Crippen LogP contribution is -2.50. The van der Waals surface area contributed by atoms with Crippen LogP contribution in [0.25, 0.3) is 0 Å². The van der Waals surface area contributed by atoms with E-state index < -0.39 is 9.84 Å². The van der Waals surface area contributed by atoms with Crippen molar-refractivity contribution in [3.05, 3.63) is 63.7 Å². The number of carbonyl (C=O) groups excluding carboxylic acids is 1. The summed E-state index contributed by atoms with van der Waals surface area (Å²) in [6.45, 7) is 3.81. The third-order valence-electron chi connectivity index (χ3n) is 8.01. The van der Waals surface area contributed by atoms with E-state index in [9.17, 15) is 18.5 Å². The number of rotatable bonds is 6. The Morgan fingerprint density at radius 3 is 2.71 bits per heavy atom. The molecule has 0 spiro atoms. The predicted octanol–water partition coefficient (Wildman–Crippen LogP) is 3.96. The molecule has 1 saturated heterocycles. The largest absolute Gasteiger partial charge is 0.381 e. The van der Waals surface area contributed by atoms with Gasteiger partial charge in [0.15, 0.2) is 0 Å². The molecule has 3 aliphatic rings. The summed E-state index contributed by atoms with van der Waals surface area (Å²) in [7, 11) is -3.15. The SMILES string of the molecule is C[C@]12CCc3cc(C(=O)NCCS(C)(=O)=O)ccc3C1=NN(c1ccc(C#N)c(Cl)c1)[C@H]2C1CCOCC1. The topological polar surface area (TPSA) is 112 Å². The van der Waals surface area contributed by atoms with E-state index in [1.54, 1.807) is 12.1 Å². The summed E-state index contributed by atoms with van der Waals surface area (Å²) < 4.78 is 28.5. The van der Waals surface area contributed by atoms with Crippen molar-refractivity contribution >= 4 is 38.7 Å². The van der Waals surface area contributed by atoms with Gasteiger partial charge in [0, 0.05) is 42.6 Å². The number of benzene rings is 2. The predicted molar refractivity (Wildman–Crippen MR) is 147 cm³/mol. The van der Waals surface area contributed by atoms with Gasteiger partial charge in [-0.3, -0.25) is 9.80 Å². The lowest BCUT2D eigenvalue weighted by Gasteiger charge is -2.44. The van der Waals surface area contributed by atoms with E-state index in [0.717, 1.165) is 67.7 Å². The van der Waals surface area contributed by atoms with E-state index in [-0.39, 0.29) is 29.7 Å². The van der Waals surface area contributed by atoms with Crippen molar-refractivity contribution in [3.8, 4) is 6.07 Å². The summed E-state index contributed by atoms with van der Waals surface area (Å²) in [5.74, 6) is -0.000283. The zero-order chi connectivity index (χ0) is 27.1. The molecule has 1 amide bonds. The molecule has 1 aliphatic carbocycles. The van der Waals surface area contributed by atoms with Crippen molar-refractivity contribution in [2.75, 3.05) is 36.8 Å². The second kappa shape index (κ2) is 10.3. The quantitative estimate of drug-likeness (QED) is 0.578. The average Bonchev–Trinajstić information content (AvgIpc) is 3.21. The molecule has 1 fully saturated rings. The number of hydrogen-bond acceptors (Lipinski definition) is 7. The van der Waals surface area contributed by atoms with Crippen LogP contribution in [0.5, 0.6) is 0 Å². The van der Waals surface area contributed by atoms with Crippen LogP contribution in [0.2, 0.25) is 5.02 Å². The molecule has 2 heterocycles. The Balaban J connectivity index is 1.49. The molecule has 2 atom stereocenters. The maximum absolute atomic E-state index is 12.7. The number of ether oxygens (including phenoxy) is 1. The van der Waals surface area contributed by atoms with E-state index in [1.807, 2.05) is 24.3 Å². The van der Waals surface area contributed by atoms with Gasteiger partial charge in [0.25, 0.3) is 5.91 Å². The molecule has 5 rings (SSSR count). The standard InChI is InChI=1S/C28H31ClN4O4S/c1-28-10-7-19-15-20(27(34)31-11-14-38(2,35)36)4-6-23(19)25(28)32-33(26(28)18-8-12-37-13-9-18)22-5-3-21(17-30)24(29)16-22/h3-6,15-16,18,26H,7-14H2,1-2H3,(H,31,34)/t26-,28-/m0/s1. The number of fused-ring (bicyclic) bond motifs is 3. The second-order valence-corrected chi connectivity index (χ2v) is 13.3. The lowest BCUT2D eigenvalue weighted by atomic mass is 9.63. The van der Waals surface area contributed by atoms with Gasteiger partial charge in [-0.1, -0.05) is 24.6 Å². The number of carbonyl (C=O) groups is 1. The molecule has 0 unspecified atom stereocenters. The Labute approximate surface area is 228 Å². The summed E-state index contributed by atoms with van der Waals surface area (Å²) in [6.07, 6.45) is 4.73. The smallest absolute Gasteiger partial charge is 0.251 e. The van der Waals surface area contributed by atoms with Gasteiger partial charge in [0.2, 0.25) is 0 Å². The van der Waals surface area contributed by atoms with E-state index in [4.69, 9.17) is 21.4 Å². The Hall–Kier alpha value is -2.93. The number of amides is 1. The van der Waals surface area contributed by atoms with Crippen molar-refractivity contribution in [1.29, 1.82) is 5.26 Å². The molecule has 1 N–H and O–H groups in total. The maximum Gasteiger partial charge on any atom is 0.251 e. The van der Waals surface area contributed by atoms with Crippen molar-refractivity contribution in [3.63, 3.8) is 0 Å². The molecule has 0 aromatic heterocycles. The summed E-state index contributed by atoms with van der Waals surface area (Å²) in [6, 6.07) is 13.4. The van der Waals surface area contributed by atoms with Crippen molar-refractivity contribution in [2.45, 2.75) is 38.6 Å². The van der Waals surface area contributed by atoms with Crippen LogP contribution in [-0.4, -0.2) is 57.8 Å². The highest BCUT2D eigenvalue weighted by Crippen LogP contribution is 2.50. The molecule has 0 saturated carbocycles. The summed E-state index contributed by atoms with van der Waals surface area (Å²) >= 11 is 6.43. The van der Waals surface area contributed by atoms with Crippen molar-refractivity contribution in [1.82, 2.24) is 5.32 Å². The Morgan fingerprint density at radius 1 is 1.26 bits per heavy atom. The van der Waals surface area contributed by atoms with Gasteiger partial charge in [0.05, 0.1) is 33.8 Å². The molecule has 10 heteroatoms. The summed E-state index contributed by atoms with van der Waals surface area (Å²) in [4.78, 5) is 12.7. The van der Waals surface area contributed by atoms with E-state index >= 15 is 0 Å². The van der Waals surface area contributed by atoms with Gasteiger partial charge in [-0.05, 0) is 67.5 Å². The van der Waals surface area contributed by atoms with E-state index in [2.05, 4.69) is 23.3 Å². The first-order valence-corrected chi connectivity index (χ1v) is 15.3. The lowest BCUT2D eigenvalue weighted by molar-refractivity contribution is 0.0467. The number of hydrazone groups is 1. The number of anilines is 1. The molecule has 2 aromatic carbocycles. The average molecular weight is 555 g/mol. The minimum Gasteiger partial charge on any atom is -0.381 e. The minimum absolute atomic E-state index is 0.0778. The highest BCUT2D eigenvalue weighted by atomic mass is 35.5. The number of nitrogens with zero attached hydrogens (tertiary/aromatic N) is 3. The van der Waals surface area contributed by atoms with Crippen LogP contribution >= 0.6 is 11.6 Å². The Bertz CT molecular complexity index is 1450. The number of halogens is 1. The van der Waals surface area contributed by atoms with Gasteiger partial charge >= 0.3 is 0 Å². The number of aryl methyl sites for hydroxylation is 1. The third-order valence-corrected chi connectivity index (χ3v) is 9.27. The fourth-order valence-electron chi connectivity index (χ4n) is 6.05. The van der Waals surface area contributed by atoms with Crippen molar-refractivity contribution in [2.24, 2.45) is 16.4 Å². The normalized spacial score (nSPS) is 23.3. The molecule has 200 valence electrons. The first-order chi connectivity index (χ1) is 18.1. The van der Waals surface area contributed by atoms with E-state index in [1.165, 1.54) is 0 Å². The zero-order valence-corrected chi connectivity index (χ0v) is 23.1. The third kappa shape index (κ3) is 5.05. The van der Waals surface area contributed by atoms with Crippen LogP contribution in [-0.2, 0) is 21.0 Å². The number of nitriles is 1. The van der Waals surface area contributed by atoms with Crippen LogP contribution in [0, 0.1) is 22.7 Å². The number of nitrogens with one attached hydrogen (secondary N) is 1. The van der Waals surface area contributed by atoms with Gasteiger partial charge in [-0.25, -0.2) is 8.42 Å². The highest BCUT2D eigenvalue weighted by Gasteiger charge is 2.53. The first-order valence-electron chi connectivity index (χ1n) is 12.9. The monoisotopic (exact) mass is 554 g/mol. The van der Waals surface area contributed by atoms with Gasteiger partial charge < -0.3 is 10.1 Å². The Morgan fingerprint density at radius 2 is 2.03 bits per heavy atom. The van der Waals surface area contributed by atoms with Crippen LogP contribution in [0.3, 0.4) is 0 Å². The van der Waals surface area contributed by atoms with Crippen LogP contribution in [0.15, 0.2) is 41.5 Å². The summed E-state index contributed by atoms with van der Waals surface area (Å²) in [5, 5.41) is 19.8.